The van der Waals surface area contributed by atoms with Crippen molar-refractivity contribution in [2.75, 3.05) is 4.72 Å². The Kier molecular flexibility index (Phi) is 4.72. The van der Waals surface area contributed by atoms with Gasteiger partial charge in [-0.25, -0.2) is 13.2 Å². The van der Waals surface area contributed by atoms with E-state index >= 15 is 0 Å². The fraction of sp³-hybridized carbons (Fsp3) is 0.0667. The number of hydrogen-bond donors (Lipinski definition) is 2. The Morgan fingerprint density at radius 3 is 2.39 bits per heavy atom. The zero-order valence-electron chi connectivity index (χ0n) is 11.9. The quantitative estimate of drug-likeness (QED) is 0.804. The number of carboxylic acid groups (broad SMARTS) is 1. The number of halogens is 1. The Morgan fingerprint density at radius 1 is 1.13 bits per heavy atom. The number of sulfonamides is 1. The maximum atomic E-state index is 12.5. The largest absolute Gasteiger partial charge is 0.478 e. The molecule has 120 valence electrons. The first kappa shape index (κ1) is 17.0. The predicted molar refractivity (Wildman–Crippen MR) is 85.7 cm³/mol. The van der Waals surface area contributed by atoms with Gasteiger partial charge in [0.25, 0.3) is 10.0 Å². The number of Topliss-reactive ketones (excluding diaryl/α,β-unsaturated/α-hetero) is 1. The average molecular weight is 354 g/mol. The lowest BCUT2D eigenvalue weighted by atomic mass is 10.1. The average Bonchev–Trinajstić information content (AvgIpc) is 2.47. The van der Waals surface area contributed by atoms with Gasteiger partial charge in [0.1, 0.15) is 4.90 Å². The third-order valence-electron chi connectivity index (χ3n) is 3.02. The summed E-state index contributed by atoms with van der Waals surface area (Å²) in [6.45, 7) is 1.31. The van der Waals surface area contributed by atoms with Crippen molar-refractivity contribution < 1.29 is 23.1 Å². The van der Waals surface area contributed by atoms with E-state index in [1.807, 2.05) is 0 Å². The van der Waals surface area contributed by atoms with E-state index in [1.165, 1.54) is 31.2 Å². The highest BCUT2D eigenvalue weighted by Crippen LogP contribution is 2.26. The Bertz CT molecular complexity index is 892. The van der Waals surface area contributed by atoms with Crippen LogP contribution >= 0.6 is 11.6 Å². The van der Waals surface area contributed by atoms with Crippen molar-refractivity contribution in [1.82, 2.24) is 0 Å². The van der Waals surface area contributed by atoms with Crippen molar-refractivity contribution in [3.63, 3.8) is 0 Å². The summed E-state index contributed by atoms with van der Waals surface area (Å²) in [5.41, 5.74) is 0.0769. The van der Waals surface area contributed by atoms with E-state index in [4.69, 9.17) is 16.7 Å². The second-order valence-electron chi connectivity index (χ2n) is 4.66. The third-order valence-corrected chi connectivity index (χ3v) is 4.87. The van der Waals surface area contributed by atoms with Crippen molar-refractivity contribution in [3.05, 3.63) is 58.6 Å². The molecule has 0 saturated carbocycles. The molecule has 0 aliphatic carbocycles. The maximum Gasteiger partial charge on any atom is 0.335 e. The van der Waals surface area contributed by atoms with Gasteiger partial charge in [0.05, 0.1) is 16.3 Å². The lowest BCUT2D eigenvalue weighted by Crippen LogP contribution is -2.16. The number of rotatable bonds is 5. The SMILES string of the molecule is CC(=O)c1ccccc1NS(=O)(=O)c1cc(C(=O)O)ccc1Cl. The number of nitrogens with one attached hydrogen (secondary N) is 1. The zero-order valence-corrected chi connectivity index (χ0v) is 13.5. The van der Waals surface area contributed by atoms with Gasteiger partial charge >= 0.3 is 5.97 Å². The van der Waals surface area contributed by atoms with Gasteiger partial charge in [-0.05, 0) is 37.3 Å². The van der Waals surface area contributed by atoms with Crippen LogP contribution in [-0.2, 0) is 10.0 Å². The molecule has 0 amide bonds. The van der Waals surface area contributed by atoms with Crippen molar-refractivity contribution in [2.45, 2.75) is 11.8 Å². The monoisotopic (exact) mass is 353 g/mol. The summed E-state index contributed by atoms with van der Waals surface area (Å²) in [6.07, 6.45) is 0. The van der Waals surface area contributed by atoms with E-state index in [9.17, 15) is 18.0 Å². The Hall–Kier alpha value is -2.38. The van der Waals surface area contributed by atoms with Crippen molar-refractivity contribution in [2.24, 2.45) is 0 Å². The normalized spacial score (nSPS) is 11.0. The fourth-order valence-electron chi connectivity index (χ4n) is 1.92. The molecule has 0 spiro atoms. The number of carboxylic acids is 1. The summed E-state index contributed by atoms with van der Waals surface area (Å²) in [5.74, 6) is -1.59. The van der Waals surface area contributed by atoms with Crippen LogP contribution in [0.15, 0.2) is 47.4 Å². The number of ketones is 1. The van der Waals surface area contributed by atoms with Crippen LogP contribution in [0.1, 0.15) is 27.6 Å². The van der Waals surface area contributed by atoms with Gasteiger partial charge in [0.15, 0.2) is 5.78 Å². The molecule has 0 atom stereocenters. The molecule has 2 N–H and O–H groups in total. The molecule has 0 radical (unpaired) electrons. The predicted octanol–water partition coefficient (Wildman–Crippen LogP) is 3.04. The highest BCUT2D eigenvalue weighted by Gasteiger charge is 2.21. The summed E-state index contributed by atoms with van der Waals surface area (Å²) < 4.78 is 27.2. The molecule has 0 aromatic heterocycles. The fourth-order valence-corrected chi connectivity index (χ4v) is 3.53. The highest BCUT2D eigenvalue weighted by atomic mass is 35.5. The van der Waals surface area contributed by atoms with Crippen LogP contribution in [0, 0.1) is 0 Å². The third kappa shape index (κ3) is 3.69. The van der Waals surface area contributed by atoms with E-state index in [-0.39, 0.29) is 32.5 Å². The van der Waals surface area contributed by atoms with Gasteiger partial charge in [-0.3, -0.25) is 9.52 Å². The molecule has 2 aromatic carbocycles. The van der Waals surface area contributed by atoms with Crippen LogP contribution in [0.25, 0.3) is 0 Å². The van der Waals surface area contributed by atoms with E-state index in [2.05, 4.69) is 4.72 Å². The minimum atomic E-state index is -4.15. The first-order valence-electron chi connectivity index (χ1n) is 6.38. The molecule has 2 rings (SSSR count). The molecule has 0 saturated heterocycles. The summed E-state index contributed by atoms with van der Waals surface area (Å²) in [5, 5.41) is 8.85. The second-order valence-corrected chi connectivity index (χ2v) is 6.72. The van der Waals surface area contributed by atoms with Crippen LogP contribution in [0.2, 0.25) is 5.02 Å². The maximum absolute atomic E-state index is 12.5. The Labute approximate surface area is 137 Å². The highest BCUT2D eigenvalue weighted by molar-refractivity contribution is 7.92. The first-order chi connectivity index (χ1) is 10.7. The molecule has 0 unspecified atom stereocenters. The molecule has 0 aliphatic heterocycles. The molecule has 23 heavy (non-hydrogen) atoms. The van der Waals surface area contributed by atoms with Gasteiger partial charge in [-0.15, -0.1) is 0 Å². The van der Waals surface area contributed by atoms with Gasteiger partial charge in [-0.2, -0.15) is 0 Å². The van der Waals surface area contributed by atoms with Crippen molar-refractivity contribution >= 4 is 39.1 Å². The standard InChI is InChI=1S/C15H12ClNO5S/c1-9(18)11-4-2-3-5-13(11)17-23(21,22)14-8-10(15(19)20)6-7-12(14)16/h2-8,17H,1H3,(H,19,20). The Balaban J connectivity index is 2.50. The number of benzene rings is 2. The van der Waals surface area contributed by atoms with E-state index in [0.29, 0.717) is 0 Å². The lowest BCUT2D eigenvalue weighted by Gasteiger charge is -2.12. The smallest absolute Gasteiger partial charge is 0.335 e. The van der Waals surface area contributed by atoms with Gasteiger partial charge in [-0.1, -0.05) is 23.7 Å². The topological polar surface area (TPSA) is 101 Å². The molecular weight excluding hydrogens is 342 g/mol. The number of anilines is 1. The summed E-state index contributed by atoms with van der Waals surface area (Å²) in [4.78, 5) is 22.2. The van der Waals surface area contributed by atoms with E-state index in [1.54, 1.807) is 12.1 Å². The molecule has 2 aromatic rings. The molecule has 6 nitrogen and oxygen atoms in total. The number of carbonyl (C=O) groups is 2. The van der Waals surface area contributed by atoms with E-state index < -0.39 is 16.0 Å². The summed E-state index contributed by atoms with van der Waals surface area (Å²) in [7, 11) is -4.15. The van der Waals surface area contributed by atoms with Crippen LogP contribution < -0.4 is 4.72 Å². The molecule has 0 aliphatic rings. The zero-order chi connectivity index (χ0) is 17.2. The molecule has 8 heteroatoms. The number of hydrogen-bond acceptors (Lipinski definition) is 4. The Morgan fingerprint density at radius 2 is 1.78 bits per heavy atom. The molecule has 0 fully saturated rings. The first-order valence-corrected chi connectivity index (χ1v) is 8.24. The molecular formula is C15H12ClNO5S. The van der Waals surface area contributed by atoms with E-state index in [0.717, 1.165) is 6.07 Å². The number of aromatic carboxylic acids is 1. The second kappa shape index (κ2) is 6.39. The minimum absolute atomic E-state index is 0.0943. The van der Waals surface area contributed by atoms with Crippen LogP contribution in [0.5, 0.6) is 0 Å². The van der Waals surface area contributed by atoms with Crippen LogP contribution in [-0.4, -0.2) is 25.3 Å². The van der Waals surface area contributed by atoms with Gasteiger partial charge < -0.3 is 5.11 Å². The van der Waals surface area contributed by atoms with Gasteiger partial charge in [0, 0.05) is 5.56 Å². The molecule has 0 heterocycles. The lowest BCUT2D eigenvalue weighted by molar-refractivity contribution is 0.0696. The van der Waals surface area contributed by atoms with Gasteiger partial charge in [0.2, 0.25) is 0 Å². The summed E-state index contributed by atoms with van der Waals surface area (Å²) >= 11 is 5.87. The van der Waals surface area contributed by atoms with Crippen molar-refractivity contribution in [1.29, 1.82) is 0 Å². The van der Waals surface area contributed by atoms with Crippen LogP contribution in [0.4, 0.5) is 5.69 Å². The minimum Gasteiger partial charge on any atom is -0.478 e. The number of carbonyl (C=O) groups excluding carboxylic acids is 1. The number of para-hydroxylation sites is 1. The van der Waals surface area contributed by atoms with Crippen LogP contribution in [0.3, 0.4) is 0 Å². The summed E-state index contributed by atoms with van der Waals surface area (Å²) in [6, 6.07) is 9.44. The van der Waals surface area contributed by atoms with Crippen molar-refractivity contribution in [3.8, 4) is 0 Å². The molecule has 0 bridgehead atoms.